The highest BCUT2D eigenvalue weighted by atomic mass is 16.5. The highest BCUT2D eigenvalue weighted by molar-refractivity contribution is 5.83. The number of amides is 1. The van der Waals surface area contributed by atoms with E-state index in [4.69, 9.17) is 5.73 Å². The first-order valence-corrected chi connectivity index (χ1v) is 6.53. The zero-order valence-corrected chi connectivity index (χ0v) is 11.6. The quantitative estimate of drug-likeness (QED) is 0.746. The van der Waals surface area contributed by atoms with Crippen molar-refractivity contribution >= 4 is 11.9 Å². The number of rotatable bonds is 5. The molecule has 1 aliphatic carbocycles. The Balaban J connectivity index is 2.62. The molecule has 0 heterocycles. The van der Waals surface area contributed by atoms with Crippen LogP contribution in [0, 0.1) is 0 Å². The third-order valence-electron chi connectivity index (χ3n) is 3.57. The van der Waals surface area contributed by atoms with Gasteiger partial charge in [0.2, 0.25) is 5.91 Å². The minimum absolute atomic E-state index is 0.00306. The summed E-state index contributed by atoms with van der Waals surface area (Å²) in [6, 6.07) is -0.0263. The van der Waals surface area contributed by atoms with E-state index in [1.807, 2.05) is 13.8 Å². The molecule has 1 saturated carbocycles. The molecule has 0 radical (unpaired) electrons. The maximum atomic E-state index is 12.2. The van der Waals surface area contributed by atoms with Crippen LogP contribution in [0.2, 0.25) is 0 Å². The molecule has 0 unspecified atom stereocenters. The molecule has 1 fully saturated rings. The van der Waals surface area contributed by atoms with Crippen LogP contribution in [0.1, 0.15) is 46.0 Å². The normalized spacial score (nSPS) is 17.8. The van der Waals surface area contributed by atoms with Crippen molar-refractivity contribution < 1.29 is 14.3 Å². The van der Waals surface area contributed by atoms with Crippen LogP contribution in [0.15, 0.2) is 0 Å². The van der Waals surface area contributed by atoms with Crippen LogP contribution in [-0.4, -0.2) is 42.0 Å². The Morgan fingerprint density at radius 1 is 1.33 bits per heavy atom. The molecular weight excluding hydrogens is 232 g/mol. The average Bonchev–Trinajstić information content (AvgIpc) is 2.71. The molecule has 0 aromatic rings. The predicted molar refractivity (Wildman–Crippen MR) is 68.9 cm³/mol. The lowest BCUT2D eigenvalue weighted by molar-refractivity contribution is -0.148. The van der Waals surface area contributed by atoms with Crippen molar-refractivity contribution in [1.82, 2.24) is 4.90 Å². The van der Waals surface area contributed by atoms with Crippen molar-refractivity contribution in [1.29, 1.82) is 0 Å². The van der Waals surface area contributed by atoms with Gasteiger partial charge in [0.25, 0.3) is 0 Å². The Morgan fingerprint density at radius 3 is 2.33 bits per heavy atom. The van der Waals surface area contributed by atoms with Crippen molar-refractivity contribution in [3.05, 3.63) is 0 Å². The molecule has 2 N–H and O–H groups in total. The van der Waals surface area contributed by atoms with Gasteiger partial charge in [-0.1, -0.05) is 12.8 Å². The standard InChI is InChI=1S/C13H24N2O3/c1-10(2)15(9-12(17)18-3)11(16)8-13(14)6-4-5-7-13/h10H,4-9,14H2,1-3H3. The fraction of sp³-hybridized carbons (Fsp3) is 0.846. The average molecular weight is 256 g/mol. The van der Waals surface area contributed by atoms with Gasteiger partial charge in [-0.05, 0) is 26.7 Å². The molecule has 5 heteroatoms. The van der Waals surface area contributed by atoms with E-state index in [1.165, 1.54) is 7.11 Å². The molecule has 0 atom stereocenters. The van der Waals surface area contributed by atoms with Gasteiger partial charge in [0.15, 0.2) is 0 Å². The van der Waals surface area contributed by atoms with E-state index >= 15 is 0 Å². The van der Waals surface area contributed by atoms with Crippen molar-refractivity contribution in [3.63, 3.8) is 0 Å². The van der Waals surface area contributed by atoms with Gasteiger partial charge in [0.05, 0.1) is 7.11 Å². The Morgan fingerprint density at radius 2 is 1.89 bits per heavy atom. The monoisotopic (exact) mass is 256 g/mol. The number of carbonyl (C=O) groups excluding carboxylic acids is 2. The SMILES string of the molecule is COC(=O)CN(C(=O)CC1(N)CCCC1)C(C)C. The molecular formula is C13H24N2O3. The molecule has 5 nitrogen and oxygen atoms in total. The summed E-state index contributed by atoms with van der Waals surface area (Å²) in [5.41, 5.74) is 5.82. The summed E-state index contributed by atoms with van der Waals surface area (Å²) >= 11 is 0. The van der Waals surface area contributed by atoms with Gasteiger partial charge in [0.1, 0.15) is 6.54 Å². The van der Waals surface area contributed by atoms with Crippen LogP contribution in [0.25, 0.3) is 0 Å². The van der Waals surface area contributed by atoms with Crippen LogP contribution >= 0.6 is 0 Å². The van der Waals surface area contributed by atoms with E-state index in [1.54, 1.807) is 4.90 Å². The third-order valence-corrected chi connectivity index (χ3v) is 3.57. The zero-order valence-electron chi connectivity index (χ0n) is 11.6. The number of hydrogen-bond donors (Lipinski definition) is 1. The van der Waals surface area contributed by atoms with Crippen molar-refractivity contribution in [2.75, 3.05) is 13.7 Å². The maximum Gasteiger partial charge on any atom is 0.325 e. The largest absolute Gasteiger partial charge is 0.468 e. The second-order valence-electron chi connectivity index (χ2n) is 5.44. The van der Waals surface area contributed by atoms with E-state index in [-0.39, 0.29) is 24.0 Å². The van der Waals surface area contributed by atoms with Crippen LogP contribution in [0.5, 0.6) is 0 Å². The molecule has 1 rings (SSSR count). The summed E-state index contributed by atoms with van der Waals surface area (Å²) in [4.78, 5) is 25.1. The van der Waals surface area contributed by atoms with Crippen LogP contribution < -0.4 is 5.73 Å². The summed E-state index contributed by atoms with van der Waals surface area (Å²) in [5.74, 6) is -0.450. The number of esters is 1. The van der Waals surface area contributed by atoms with Gasteiger partial charge in [-0.25, -0.2) is 0 Å². The number of carbonyl (C=O) groups is 2. The van der Waals surface area contributed by atoms with Crippen LogP contribution in [0.3, 0.4) is 0 Å². The Bertz CT molecular complexity index is 309. The summed E-state index contributed by atoms with van der Waals surface area (Å²) in [5, 5.41) is 0. The topological polar surface area (TPSA) is 72.6 Å². The predicted octanol–water partition coefficient (Wildman–Crippen LogP) is 1.06. The van der Waals surface area contributed by atoms with Crippen molar-refractivity contribution in [2.24, 2.45) is 5.73 Å². The molecule has 0 spiro atoms. The lowest BCUT2D eigenvalue weighted by atomic mass is 9.94. The number of methoxy groups -OCH3 is 1. The smallest absolute Gasteiger partial charge is 0.325 e. The van der Waals surface area contributed by atoms with E-state index in [9.17, 15) is 9.59 Å². The molecule has 18 heavy (non-hydrogen) atoms. The third kappa shape index (κ3) is 3.98. The van der Waals surface area contributed by atoms with E-state index in [0.717, 1.165) is 25.7 Å². The Labute approximate surface area is 109 Å². The van der Waals surface area contributed by atoms with E-state index < -0.39 is 5.97 Å². The van der Waals surface area contributed by atoms with Gasteiger partial charge in [0, 0.05) is 18.0 Å². The second-order valence-corrected chi connectivity index (χ2v) is 5.44. The molecule has 104 valence electrons. The molecule has 0 bridgehead atoms. The fourth-order valence-corrected chi connectivity index (χ4v) is 2.42. The van der Waals surface area contributed by atoms with E-state index in [2.05, 4.69) is 4.74 Å². The first-order chi connectivity index (χ1) is 8.38. The molecule has 0 aliphatic heterocycles. The minimum Gasteiger partial charge on any atom is -0.468 e. The molecule has 1 aliphatic rings. The summed E-state index contributed by atoms with van der Waals surface area (Å²) in [6.45, 7) is 3.78. The summed E-state index contributed by atoms with van der Waals surface area (Å²) in [6.07, 6.45) is 4.28. The van der Waals surface area contributed by atoms with Gasteiger partial charge < -0.3 is 15.4 Å². The maximum absolute atomic E-state index is 12.2. The lowest BCUT2D eigenvalue weighted by Crippen LogP contribution is -2.47. The first-order valence-electron chi connectivity index (χ1n) is 6.53. The minimum atomic E-state index is -0.394. The van der Waals surface area contributed by atoms with Gasteiger partial charge in [-0.2, -0.15) is 0 Å². The fourth-order valence-electron chi connectivity index (χ4n) is 2.42. The molecule has 0 aromatic heterocycles. The first kappa shape index (κ1) is 15.0. The van der Waals surface area contributed by atoms with E-state index in [0.29, 0.717) is 6.42 Å². The van der Waals surface area contributed by atoms with Gasteiger partial charge in [-0.3, -0.25) is 9.59 Å². The number of ether oxygens (including phenoxy) is 1. The van der Waals surface area contributed by atoms with Crippen molar-refractivity contribution in [3.8, 4) is 0 Å². The van der Waals surface area contributed by atoms with Crippen molar-refractivity contribution in [2.45, 2.75) is 57.5 Å². The second kappa shape index (κ2) is 6.18. The Kier molecular flexibility index (Phi) is 5.14. The zero-order chi connectivity index (χ0) is 13.8. The van der Waals surface area contributed by atoms with Crippen LogP contribution in [0.4, 0.5) is 0 Å². The molecule has 0 saturated heterocycles. The highest BCUT2D eigenvalue weighted by Gasteiger charge is 2.34. The Hall–Kier alpha value is -1.10. The lowest BCUT2D eigenvalue weighted by Gasteiger charge is -2.30. The molecule has 0 aromatic carbocycles. The molecule has 1 amide bonds. The number of hydrogen-bond acceptors (Lipinski definition) is 4. The van der Waals surface area contributed by atoms with Gasteiger partial charge >= 0.3 is 5.97 Å². The summed E-state index contributed by atoms with van der Waals surface area (Å²) in [7, 11) is 1.33. The highest BCUT2D eigenvalue weighted by Crippen LogP contribution is 2.30. The van der Waals surface area contributed by atoms with Crippen LogP contribution in [-0.2, 0) is 14.3 Å². The van der Waals surface area contributed by atoms with Gasteiger partial charge in [-0.15, -0.1) is 0 Å². The number of nitrogens with zero attached hydrogens (tertiary/aromatic N) is 1. The summed E-state index contributed by atoms with van der Waals surface area (Å²) < 4.78 is 4.61. The number of nitrogens with two attached hydrogens (primary N) is 1.